The van der Waals surface area contributed by atoms with Gasteiger partial charge in [-0.2, -0.15) is 0 Å². The molecule has 0 spiro atoms. The zero-order chi connectivity index (χ0) is 12.3. The van der Waals surface area contributed by atoms with Crippen molar-refractivity contribution in [3.8, 4) is 0 Å². The number of hydrogen-bond donors (Lipinski definition) is 1. The summed E-state index contributed by atoms with van der Waals surface area (Å²) in [6, 6.07) is 4.13. The molecule has 0 saturated carbocycles. The van der Waals surface area contributed by atoms with Crippen LogP contribution >= 0.6 is 32.8 Å². The summed E-state index contributed by atoms with van der Waals surface area (Å²) in [4.78, 5) is 1.19. The Hall–Kier alpha value is 0.250. The van der Waals surface area contributed by atoms with Crippen molar-refractivity contribution < 1.29 is 0 Å². The van der Waals surface area contributed by atoms with Crippen LogP contribution in [0.5, 0.6) is 0 Å². The van der Waals surface area contributed by atoms with Gasteiger partial charge in [-0.25, -0.2) is 0 Å². The molecule has 0 aliphatic rings. The molecule has 0 aliphatic heterocycles. The van der Waals surface area contributed by atoms with Crippen LogP contribution in [-0.2, 0) is 0 Å². The zero-order valence-electron chi connectivity index (χ0n) is 10.2. The number of hydrogen-bond acceptors (Lipinski definition) is 2. The molecule has 1 unspecified atom stereocenters. The SMILES string of the molecule is CCC(C)(C)NSc1ccc(P)c(Cl)c1C. The van der Waals surface area contributed by atoms with Gasteiger partial charge in [0.05, 0.1) is 5.02 Å². The lowest BCUT2D eigenvalue weighted by Gasteiger charge is -2.24. The average Bonchev–Trinajstić information content (AvgIpc) is 2.25. The monoisotopic (exact) mass is 275 g/mol. The number of nitrogens with one attached hydrogen (secondary N) is 1. The van der Waals surface area contributed by atoms with Crippen LogP contribution in [0.2, 0.25) is 5.02 Å². The summed E-state index contributed by atoms with van der Waals surface area (Å²) in [5, 5.41) is 1.89. The Labute approximate surface area is 110 Å². The molecule has 90 valence electrons. The van der Waals surface area contributed by atoms with Gasteiger partial charge in [0.25, 0.3) is 0 Å². The van der Waals surface area contributed by atoms with Crippen LogP contribution in [0.25, 0.3) is 0 Å². The Morgan fingerprint density at radius 3 is 2.62 bits per heavy atom. The van der Waals surface area contributed by atoms with E-state index in [0.717, 1.165) is 22.3 Å². The predicted octanol–water partition coefficient (Wildman–Crippen LogP) is 3.93. The minimum atomic E-state index is 0.142. The van der Waals surface area contributed by atoms with E-state index in [-0.39, 0.29) is 5.54 Å². The molecule has 0 bridgehead atoms. The Balaban J connectivity index is 2.80. The van der Waals surface area contributed by atoms with Gasteiger partial charge in [0.1, 0.15) is 0 Å². The molecule has 0 radical (unpaired) electrons. The zero-order valence-corrected chi connectivity index (χ0v) is 13.0. The highest BCUT2D eigenvalue weighted by molar-refractivity contribution is 7.97. The fourth-order valence-corrected chi connectivity index (χ4v) is 2.52. The van der Waals surface area contributed by atoms with Gasteiger partial charge in [-0.15, -0.1) is 9.24 Å². The molecule has 1 nitrogen and oxygen atoms in total. The van der Waals surface area contributed by atoms with Crippen molar-refractivity contribution >= 4 is 38.1 Å². The van der Waals surface area contributed by atoms with Crippen molar-refractivity contribution in [2.45, 2.75) is 44.6 Å². The molecule has 0 amide bonds. The molecular weight excluding hydrogens is 257 g/mol. The van der Waals surface area contributed by atoms with Crippen molar-refractivity contribution in [3.05, 3.63) is 22.7 Å². The Morgan fingerprint density at radius 2 is 2.06 bits per heavy atom. The van der Waals surface area contributed by atoms with Crippen molar-refractivity contribution in [2.24, 2.45) is 0 Å². The quantitative estimate of drug-likeness (QED) is 0.660. The lowest BCUT2D eigenvalue weighted by molar-refractivity contribution is 0.464. The van der Waals surface area contributed by atoms with E-state index >= 15 is 0 Å². The summed E-state index contributed by atoms with van der Waals surface area (Å²) >= 11 is 7.86. The maximum atomic E-state index is 6.20. The fraction of sp³-hybridized carbons (Fsp3) is 0.500. The predicted molar refractivity (Wildman–Crippen MR) is 78.9 cm³/mol. The van der Waals surface area contributed by atoms with Crippen LogP contribution in [0, 0.1) is 6.92 Å². The van der Waals surface area contributed by atoms with Crippen LogP contribution in [0.1, 0.15) is 32.8 Å². The summed E-state index contributed by atoms with van der Waals surface area (Å²) in [6.45, 7) is 8.62. The molecule has 0 heterocycles. The van der Waals surface area contributed by atoms with E-state index in [9.17, 15) is 0 Å². The number of benzene rings is 1. The van der Waals surface area contributed by atoms with Gasteiger partial charge in [-0.1, -0.05) is 24.6 Å². The summed E-state index contributed by atoms with van der Waals surface area (Å²) in [5.41, 5.74) is 1.28. The smallest absolute Gasteiger partial charge is 0.0518 e. The summed E-state index contributed by atoms with van der Waals surface area (Å²) in [7, 11) is 2.65. The van der Waals surface area contributed by atoms with E-state index in [1.54, 1.807) is 11.9 Å². The van der Waals surface area contributed by atoms with Gasteiger partial charge >= 0.3 is 0 Å². The minimum Gasteiger partial charge on any atom is -0.254 e. The van der Waals surface area contributed by atoms with Crippen LogP contribution < -0.4 is 10.0 Å². The van der Waals surface area contributed by atoms with Gasteiger partial charge in [-0.05, 0) is 56.1 Å². The molecule has 1 rings (SSSR count). The van der Waals surface area contributed by atoms with E-state index in [2.05, 4.69) is 47.7 Å². The highest BCUT2D eigenvalue weighted by Crippen LogP contribution is 2.27. The molecule has 1 aromatic carbocycles. The first kappa shape index (κ1) is 14.3. The standard InChI is InChI=1S/C12H19ClNPS/c1-5-12(3,4)14-16-10-7-6-9(15)11(13)8(10)2/h6-7,14H,5,15H2,1-4H3. The summed E-state index contributed by atoms with van der Waals surface area (Å²) in [6.07, 6.45) is 1.09. The van der Waals surface area contributed by atoms with Crippen LogP contribution in [0.15, 0.2) is 17.0 Å². The first-order chi connectivity index (χ1) is 7.37. The molecule has 1 aromatic rings. The lowest BCUT2D eigenvalue weighted by Crippen LogP contribution is -2.33. The third-order valence-electron chi connectivity index (χ3n) is 2.69. The minimum absolute atomic E-state index is 0.142. The molecule has 0 fully saturated rings. The van der Waals surface area contributed by atoms with Crippen molar-refractivity contribution in [1.82, 2.24) is 4.72 Å². The summed E-state index contributed by atoms with van der Waals surface area (Å²) < 4.78 is 3.46. The van der Waals surface area contributed by atoms with Crippen LogP contribution in [0.4, 0.5) is 0 Å². The van der Waals surface area contributed by atoms with Crippen molar-refractivity contribution in [3.63, 3.8) is 0 Å². The number of halogens is 1. The molecule has 0 aliphatic carbocycles. The molecule has 16 heavy (non-hydrogen) atoms. The van der Waals surface area contributed by atoms with Gasteiger partial charge in [0.2, 0.25) is 0 Å². The third-order valence-corrected chi connectivity index (χ3v) is 5.17. The van der Waals surface area contributed by atoms with Gasteiger partial charge in [-0.3, -0.25) is 4.72 Å². The highest BCUT2D eigenvalue weighted by atomic mass is 35.5. The van der Waals surface area contributed by atoms with Gasteiger partial charge in [0.15, 0.2) is 0 Å². The molecule has 1 N–H and O–H groups in total. The van der Waals surface area contributed by atoms with E-state index in [0.29, 0.717) is 0 Å². The van der Waals surface area contributed by atoms with E-state index in [1.807, 2.05) is 6.07 Å². The topological polar surface area (TPSA) is 12.0 Å². The van der Waals surface area contributed by atoms with Gasteiger partial charge in [0, 0.05) is 10.4 Å². The lowest BCUT2D eigenvalue weighted by atomic mass is 10.0. The van der Waals surface area contributed by atoms with Crippen molar-refractivity contribution in [1.29, 1.82) is 0 Å². The summed E-state index contributed by atoms with van der Waals surface area (Å²) in [5.74, 6) is 0. The van der Waals surface area contributed by atoms with E-state index in [1.165, 1.54) is 4.90 Å². The first-order valence-electron chi connectivity index (χ1n) is 5.36. The Bertz CT molecular complexity index is 380. The highest BCUT2D eigenvalue weighted by Gasteiger charge is 2.15. The maximum Gasteiger partial charge on any atom is 0.0518 e. The third kappa shape index (κ3) is 3.63. The van der Waals surface area contributed by atoms with E-state index in [4.69, 9.17) is 11.6 Å². The first-order valence-corrected chi connectivity index (χ1v) is 7.13. The second-order valence-corrected chi connectivity index (χ2v) is 6.38. The second kappa shape index (κ2) is 5.73. The second-order valence-electron chi connectivity index (χ2n) is 4.53. The van der Waals surface area contributed by atoms with Crippen LogP contribution in [0.3, 0.4) is 0 Å². The largest absolute Gasteiger partial charge is 0.254 e. The van der Waals surface area contributed by atoms with E-state index < -0.39 is 0 Å². The Morgan fingerprint density at radius 1 is 1.44 bits per heavy atom. The van der Waals surface area contributed by atoms with Crippen LogP contribution in [-0.4, -0.2) is 5.54 Å². The molecule has 0 saturated heterocycles. The molecule has 1 atom stereocenters. The molecular formula is C12H19ClNPS. The maximum absolute atomic E-state index is 6.20. The number of rotatable bonds is 4. The fourth-order valence-electron chi connectivity index (χ4n) is 1.06. The normalized spacial score (nSPS) is 11.9. The Kier molecular flexibility index (Phi) is 5.12. The molecule has 0 aromatic heterocycles. The molecule has 4 heteroatoms. The average molecular weight is 276 g/mol. The van der Waals surface area contributed by atoms with Gasteiger partial charge < -0.3 is 0 Å². The van der Waals surface area contributed by atoms with Crippen molar-refractivity contribution in [2.75, 3.05) is 0 Å².